The lowest BCUT2D eigenvalue weighted by atomic mass is 9.96. The maximum atomic E-state index is 11.0. The summed E-state index contributed by atoms with van der Waals surface area (Å²) in [6.07, 6.45) is 0. The number of rotatable bonds is 5. The molecule has 0 aromatic heterocycles. The first kappa shape index (κ1) is 12.6. The standard InChI is InChI=1S/C13H19NO2/c1-9(2)11(13(15)16)8-14-12-7-5-4-6-10(12)3/h4-7,9,11,14H,8H2,1-3H3,(H,15,16). The van der Waals surface area contributed by atoms with E-state index in [0.29, 0.717) is 6.54 Å². The molecule has 1 rings (SSSR count). The maximum absolute atomic E-state index is 11.0. The molecule has 0 fully saturated rings. The predicted molar refractivity (Wildman–Crippen MR) is 65.6 cm³/mol. The van der Waals surface area contributed by atoms with E-state index in [2.05, 4.69) is 5.32 Å². The fraction of sp³-hybridized carbons (Fsp3) is 0.462. The quantitative estimate of drug-likeness (QED) is 0.803. The average molecular weight is 221 g/mol. The van der Waals surface area contributed by atoms with Crippen LogP contribution in [0.3, 0.4) is 0 Å². The van der Waals surface area contributed by atoms with Crippen LogP contribution in [0.4, 0.5) is 5.69 Å². The topological polar surface area (TPSA) is 49.3 Å². The van der Waals surface area contributed by atoms with Crippen LogP contribution in [0.25, 0.3) is 0 Å². The summed E-state index contributed by atoms with van der Waals surface area (Å²) in [6.45, 7) is 6.34. The van der Waals surface area contributed by atoms with Gasteiger partial charge in [0.25, 0.3) is 0 Å². The van der Waals surface area contributed by atoms with Gasteiger partial charge in [-0.15, -0.1) is 0 Å². The van der Waals surface area contributed by atoms with E-state index < -0.39 is 5.97 Å². The van der Waals surface area contributed by atoms with Crippen molar-refractivity contribution in [2.75, 3.05) is 11.9 Å². The fourth-order valence-corrected chi connectivity index (χ4v) is 1.60. The first-order valence-electron chi connectivity index (χ1n) is 5.54. The molecule has 1 atom stereocenters. The molecular weight excluding hydrogens is 202 g/mol. The number of carboxylic acids is 1. The Kier molecular flexibility index (Phi) is 4.35. The van der Waals surface area contributed by atoms with Crippen LogP contribution in [0, 0.1) is 18.8 Å². The van der Waals surface area contributed by atoms with Gasteiger partial charge in [0.2, 0.25) is 0 Å². The maximum Gasteiger partial charge on any atom is 0.308 e. The normalized spacial score (nSPS) is 12.5. The number of anilines is 1. The Labute approximate surface area is 96.5 Å². The Morgan fingerprint density at radius 1 is 1.38 bits per heavy atom. The zero-order valence-corrected chi connectivity index (χ0v) is 10.0. The van der Waals surface area contributed by atoms with E-state index in [9.17, 15) is 4.79 Å². The van der Waals surface area contributed by atoms with Crippen molar-refractivity contribution in [2.24, 2.45) is 11.8 Å². The van der Waals surface area contributed by atoms with Gasteiger partial charge in [0, 0.05) is 12.2 Å². The third-order valence-corrected chi connectivity index (χ3v) is 2.78. The van der Waals surface area contributed by atoms with Crippen molar-refractivity contribution < 1.29 is 9.90 Å². The van der Waals surface area contributed by atoms with Crippen molar-refractivity contribution in [3.63, 3.8) is 0 Å². The highest BCUT2D eigenvalue weighted by atomic mass is 16.4. The Hall–Kier alpha value is -1.51. The van der Waals surface area contributed by atoms with E-state index in [4.69, 9.17) is 5.11 Å². The van der Waals surface area contributed by atoms with Gasteiger partial charge in [-0.05, 0) is 24.5 Å². The Balaban J connectivity index is 2.63. The van der Waals surface area contributed by atoms with Gasteiger partial charge < -0.3 is 10.4 Å². The molecular formula is C13H19NO2. The highest BCUT2D eigenvalue weighted by Crippen LogP contribution is 2.16. The summed E-state index contributed by atoms with van der Waals surface area (Å²) in [5.74, 6) is -0.954. The van der Waals surface area contributed by atoms with Crippen LogP contribution in [0.2, 0.25) is 0 Å². The second-order valence-electron chi connectivity index (χ2n) is 4.38. The third kappa shape index (κ3) is 3.26. The minimum atomic E-state index is -0.740. The molecule has 0 aliphatic rings. The molecule has 0 amide bonds. The molecule has 88 valence electrons. The van der Waals surface area contributed by atoms with Gasteiger partial charge in [0.1, 0.15) is 0 Å². The summed E-state index contributed by atoms with van der Waals surface area (Å²) in [5.41, 5.74) is 2.14. The summed E-state index contributed by atoms with van der Waals surface area (Å²) in [4.78, 5) is 11.0. The highest BCUT2D eigenvalue weighted by Gasteiger charge is 2.20. The molecule has 1 aromatic rings. The summed E-state index contributed by atoms with van der Waals surface area (Å²) in [6, 6.07) is 7.89. The van der Waals surface area contributed by atoms with Crippen LogP contribution in [-0.2, 0) is 4.79 Å². The molecule has 2 N–H and O–H groups in total. The lowest BCUT2D eigenvalue weighted by Gasteiger charge is -2.18. The van der Waals surface area contributed by atoms with Gasteiger partial charge in [-0.3, -0.25) is 4.79 Å². The summed E-state index contributed by atoms with van der Waals surface area (Å²) < 4.78 is 0. The van der Waals surface area contributed by atoms with E-state index >= 15 is 0 Å². The van der Waals surface area contributed by atoms with Gasteiger partial charge in [-0.25, -0.2) is 0 Å². The van der Waals surface area contributed by atoms with Gasteiger partial charge >= 0.3 is 5.97 Å². The Morgan fingerprint density at radius 2 is 2.00 bits per heavy atom. The van der Waals surface area contributed by atoms with Crippen molar-refractivity contribution >= 4 is 11.7 Å². The summed E-state index contributed by atoms with van der Waals surface area (Å²) >= 11 is 0. The zero-order chi connectivity index (χ0) is 12.1. The summed E-state index contributed by atoms with van der Waals surface area (Å²) in [5, 5.41) is 12.2. The zero-order valence-electron chi connectivity index (χ0n) is 10.0. The fourth-order valence-electron chi connectivity index (χ4n) is 1.60. The average Bonchev–Trinajstić information content (AvgIpc) is 2.20. The van der Waals surface area contributed by atoms with Gasteiger partial charge in [0.15, 0.2) is 0 Å². The molecule has 0 aliphatic heterocycles. The van der Waals surface area contributed by atoms with Crippen molar-refractivity contribution in [3.8, 4) is 0 Å². The number of hydrogen-bond donors (Lipinski definition) is 2. The second-order valence-corrected chi connectivity index (χ2v) is 4.38. The monoisotopic (exact) mass is 221 g/mol. The number of carbonyl (C=O) groups is 1. The van der Waals surface area contributed by atoms with E-state index in [1.54, 1.807) is 0 Å². The Morgan fingerprint density at radius 3 is 2.50 bits per heavy atom. The molecule has 0 aliphatic carbocycles. The first-order valence-corrected chi connectivity index (χ1v) is 5.54. The van der Waals surface area contributed by atoms with Crippen molar-refractivity contribution in [1.29, 1.82) is 0 Å². The van der Waals surface area contributed by atoms with E-state index in [1.807, 2.05) is 45.0 Å². The molecule has 3 heteroatoms. The molecule has 16 heavy (non-hydrogen) atoms. The first-order chi connectivity index (χ1) is 7.52. The number of aliphatic carboxylic acids is 1. The van der Waals surface area contributed by atoms with Crippen LogP contribution in [-0.4, -0.2) is 17.6 Å². The molecule has 3 nitrogen and oxygen atoms in total. The lowest BCUT2D eigenvalue weighted by Crippen LogP contribution is -2.27. The largest absolute Gasteiger partial charge is 0.481 e. The molecule has 0 bridgehead atoms. The van der Waals surface area contributed by atoms with Crippen LogP contribution in [0.15, 0.2) is 24.3 Å². The molecule has 0 saturated heterocycles. The van der Waals surface area contributed by atoms with Crippen molar-refractivity contribution in [1.82, 2.24) is 0 Å². The number of aryl methyl sites for hydroxylation is 1. The van der Waals surface area contributed by atoms with Crippen LogP contribution in [0.1, 0.15) is 19.4 Å². The second kappa shape index (κ2) is 5.54. The van der Waals surface area contributed by atoms with Crippen LogP contribution in [0.5, 0.6) is 0 Å². The van der Waals surface area contributed by atoms with Crippen LogP contribution < -0.4 is 5.32 Å². The SMILES string of the molecule is Cc1ccccc1NCC(C(=O)O)C(C)C. The van der Waals surface area contributed by atoms with Crippen LogP contribution >= 0.6 is 0 Å². The van der Waals surface area contributed by atoms with Gasteiger partial charge in [-0.1, -0.05) is 32.0 Å². The van der Waals surface area contributed by atoms with Crippen molar-refractivity contribution in [3.05, 3.63) is 29.8 Å². The molecule has 1 aromatic carbocycles. The van der Waals surface area contributed by atoms with Crippen molar-refractivity contribution in [2.45, 2.75) is 20.8 Å². The Bertz CT molecular complexity index is 361. The predicted octanol–water partition coefficient (Wildman–Crippen LogP) is 2.76. The van der Waals surface area contributed by atoms with E-state index in [0.717, 1.165) is 11.3 Å². The number of carboxylic acid groups (broad SMARTS) is 1. The minimum Gasteiger partial charge on any atom is -0.481 e. The number of hydrogen-bond acceptors (Lipinski definition) is 2. The third-order valence-electron chi connectivity index (χ3n) is 2.78. The molecule has 1 unspecified atom stereocenters. The highest BCUT2D eigenvalue weighted by molar-refractivity contribution is 5.71. The summed E-state index contributed by atoms with van der Waals surface area (Å²) in [7, 11) is 0. The molecule has 0 saturated carbocycles. The minimum absolute atomic E-state index is 0.133. The smallest absolute Gasteiger partial charge is 0.308 e. The van der Waals surface area contributed by atoms with E-state index in [1.165, 1.54) is 0 Å². The molecule has 0 spiro atoms. The lowest BCUT2D eigenvalue weighted by molar-refractivity contribution is -0.142. The van der Waals surface area contributed by atoms with Gasteiger partial charge in [-0.2, -0.15) is 0 Å². The molecule has 0 radical (unpaired) electrons. The van der Waals surface area contributed by atoms with E-state index in [-0.39, 0.29) is 11.8 Å². The number of nitrogens with one attached hydrogen (secondary N) is 1. The van der Waals surface area contributed by atoms with Gasteiger partial charge in [0.05, 0.1) is 5.92 Å². The molecule has 0 heterocycles. The number of benzene rings is 1. The number of para-hydroxylation sites is 1.